The van der Waals surface area contributed by atoms with Crippen LogP contribution in [0, 0.1) is 5.41 Å². The van der Waals surface area contributed by atoms with E-state index in [1.165, 1.54) is 0 Å². The van der Waals surface area contributed by atoms with Crippen molar-refractivity contribution in [2.24, 2.45) is 5.41 Å². The number of nitrogens with one attached hydrogen (secondary N) is 2. The molecule has 7 nitrogen and oxygen atoms in total. The van der Waals surface area contributed by atoms with E-state index in [9.17, 15) is 14.4 Å². The highest BCUT2D eigenvalue weighted by atomic mass is 32.2. The first-order valence-electron chi connectivity index (χ1n) is 10.6. The predicted octanol–water partition coefficient (Wildman–Crippen LogP) is 4.40. The lowest BCUT2D eigenvalue weighted by Gasteiger charge is -2.30. The first-order valence-corrected chi connectivity index (χ1v) is 11.6. The van der Waals surface area contributed by atoms with Crippen molar-refractivity contribution in [3.05, 3.63) is 29.8 Å². The molecule has 1 aliphatic heterocycles. The Hall–Kier alpha value is -2.22. The topological polar surface area (TPSA) is 93.7 Å². The Morgan fingerprint density at radius 1 is 1.07 bits per heavy atom. The number of unbranched alkanes of at least 4 members (excludes halogenated alkanes) is 2. The van der Waals surface area contributed by atoms with Gasteiger partial charge in [-0.3, -0.25) is 4.79 Å². The second kappa shape index (κ2) is 12.5. The molecule has 1 aromatic rings. The van der Waals surface area contributed by atoms with Gasteiger partial charge in [-0.25, -0.2) is 9.59 Å². The lowest BCUT2D eigenvalue weighted by atomic mass is 9.78. The fourth-order valence-corrected chi connectivity index (χ4v) is 4.32. The minimum Gasteiger partial charge on any atom is -0.450 e. The number of fused-ring (bicyclic) bond motifs is 1. The van der Waals surface area contributed by atoms with Gasteiger partial charge in [0.25, 0.3) is 0 Å². The van der Waals surface area contributed by atoms with Crippen LogP contribution in [0.1, 0.15) is 56.3 Å². The number of ketones is 1. The quantitative estimate of drug-likeness (QED) is 0.528. The molecular formula is C22H32N2O5S. The molecule has 0 aromatic heterocycles. The van der Waals surface area contributed by atoms with Crippen LogP contribution in [0.4, 0.5) is 9.59 Å². The molecule has 1 aliphatic rings. The summed E-state index contributed by atoms with van der Waals surface area (Å²) >= 11 is 1.60. The van der Waals surface area contributed by atoms with Crippen molar-refractivity contribution >= 4 is 29.7 Å². The predicted molar refractivity (Wildman–Crippen MR) is 117 cm³/mol. The molecule has 1 aromatic carbocycles. The van der Waals surface area contributed by atoms with Gasteiger partial charge in [-0.15, -0.1) is 11.8 Å². The van der Waals surface area contributed by atoms with E-state index in [1.54, 1.807) is 17.8 Å². The molecule has 0 spiro atoms. The van der Waals surface area contributed by atoms with Crippen LogP contribution in [0.15, 0.2) is 29.2 Å². The third-order valence-corrected chi connectivity index (χ3v) is 6.11. The molecule has 2 amide bonds. The number of carbonyl (C=O) groups excluding carboxylic acids is 3. The molecule has 0 radical (unpaired) electrons. The highest BCUT2D eigenvalue weighted by Crippen LogP contribution is 2.38. The number of rotatable bonds is 10. The van der Waals surface area contributed by atoms with E-state index < -0.39 is 17.6 Å². The monoisotopic (exact) mass is 436 g/mol. The normalized spacial score (nSPS) is 18.1. The molecule has 0 saturated carbocycles. The van der Waals surface area contributed by atoms with Gasteiger partial charge in [0.2, 0.25) is 0 Å². The third-order valence-electron chi connectivity index (χ3n) is 5.03. The van der Waals surface area contributed by atoms with Gasteiger partial charge in [0, 0.05) is 23.5 Å². The number of ether oxygens (including phenoxy) is 2. The Kier molecular flexibility index (Phi) is 10.00. The van der Waals surface area contributed by atoms with Crippen LogP contribution in [-0.4, -0.2) is 50.0 Å². The molecule has 1 heterocycles. The van der Waals surface area contributed by atoms with Gasteiger partial charge in [0.15, 0.2) is 5.78 Å². The summed E-state index contributed by atoms with van der Waals surface area (Å²) in [5.74, 6) is 0.550. The van der Waals surface area contributed by atoms with E-state index in [1.807, 2.05) is 32.0 Å². The van der Waals surface area contributed by atoms with Crippen LogP contribution in [0.3, 0.4) is 0 Å². The summed E-state index contributed by atoms with van der Waals surface area (Å²) < 4.78 is 10.6. The molecule has 2 rings (SSSR count). The van der Waals surface area contributed by atoms with Gasteiger partial charge >= 0.3 is 12.2 Å². The Morgan fingerprint density at radius 2 is 1.80 bits per heavy atom. The summed E-state index contributed by atoms with van der Waals surface area (Å²) in [5, 5.41) is 5.41. The average Bonchev–Trinajstić information content (AvgIpc) is 2.89. The summed E-state index contributed by atoms with van der Waals surface area (Å²) in [6.45, 7) is 4.85. The minimum absolute atomic E-state index is 0.0495. The lowest BCUT2D eigenvalue weighted by molar-refractivity contribution is 0.0539. The zero-order valence-electron chi connectivity index (χ0n) is 17.8. The lowest BCUT2D eigenvalue weighted by Crippen LogP contribution is -2.47. The van der Waals surface area contributed by atoms with Crippen LogP contribution in [-0.2, 0) is 9.47 Å². The van der Waals surface area contributed by atoms with Crippen molar-refractivity contribution in [1.29, 1.82) is 0 Å². The molecular weight excluding hydrogens is 404 g/mol. The van der Waals surface area contributed by atoms with Gasteiger partial charge < -0.3 is 20.1 Å². The number of thioether (sulfide) groups is 1. The number of carbonyl (C=O) groups is 3. The van der Waals surface area contributed by atoms with E-state index >= 15 is 0 Å². The van der Waals surface area contributed by atoms with Crippen molar-refractivity contribution in [1.82, 2.24) is 10.6 Å². The van der Waals surface area contributed by atoms with Gasteiger partial charge in [-0.2, -0.15) is 0 Å². The van der Waals surface area contributed by atoms with Gasteiger partial charge in [-0.1, -0.05) is 44.9 Å². The summed E-state index contributed by atoms with van der Waals surface area (Å²) in [6.07, 6.45) is 2.88. The molecule has 0 saturated heterocycles. The Labute approximate surface area is 182 Å². The maximum absolute atomic E-state index is 13.5. The minimum atomic E-state index is -1.04. The summed E-state index contributed by atoms with van der Waals surface area (Å²) in [5.41, 5.74) is -0.443. The van der Waals surface area contributed by atoms with Crippen molar-refractivity contribution in [2.45, 2.75) is 50.8 Å². The second-order valence-corrected chi connectivity index (χ2v) is 8.54. The Balaban J connectivity index is 2.12. The largest absolute Gasteiger partial charge is 0.450 e. The van der Waals surface area contributed by atoms with Crippen LogP contribution >= 0.6 is 11.8 Å². The zero-order valence-corrected chi connectivity index (χ0v) is 18.6. The first kappa shape index (κ1) is 24.1. The molecule has 0 aliphatic carbocycles. The van der Waals surface area contributed by atoms with Crippen molar-refractivity contribution in [2.75, 3.05) is 32.1 Å². The van der Waals surface area contributed by atoms with Gasteiger partial charge in [0.05, 0.1) is 12.0 Å². The summed E-state index contributed by atoms with van der Waals surface area (Å²) in [4.78, 5) is 38.6. The number of alkyl carbamates (subject to hydrolysis) is 2. The van der Waals surface area contributed by atoms with E-state index in [-0.39, 0.29) is 18.9 Å². The molecule has 2 N–H and O–H groups in total. The first-order chi connectivity index (χ1) is 14.5. The summed E-state index contributed by atoms with van der Waals surface area (Å²) in [6, 6.07) is 7.41. The molecule has 1 unspecified atom stereocenters. The molecule has 166 valence electrons. The van der Waals surface area contributed by atoms with Crippen LogP contribution < -0.4 is 10.6 Å². The molecule has 1 atom stereocenters. The average molecular weight is 437 g/mol. The SMILES string of the molecule is CCCCNC(=O)OCC1(CNC(=O)OCCCC)CCSc2ccccc2C1=O. The molecule has 0 fully saturated rings. The third kappa shape index (κ3) is 6.93. The van der Waals surface area contributed by atoms with Crippen LogP contribution in [0.25, 0.3) is 0 Å². The van der Waals surface area contributed by atoms with Crippen molar-refractivity contribution < 1.29 is 23.9 Å². The second-order valence-electron chi connectivity index (χ2n) is 7.40. The smallest absolute Gasteiger partial charge is 0.407 e. The Bertz CT molecular complexity index is 699. The standard InChI is InChI=1S/C22H32N2O5S/c1-3-5-12-23-20(26)29-16-22(15-24-21(27)28-13-6-4-2)11-14-30-18-10-8-7-9-17(18)19(22)25/h7-10H,3-6,11-16H2,1-2H3,(H,23,26)(H,24,27). The fraction of sp³-hybridized carbons (Fsp3) is 0.591. The van der Waals surface area contributed by atoms with E-state index in [0.29, 0.717) is 30.9 Å². The Morgan fingerprint density at radius 3 is 2.57 bits per heavy atom. The van der Waals surface area contributed by atoms with Crippen molar-refractivity contribution in [3.8, 4) is 0 Å². The molecule has 8 heteroatoms. The maximum Gasteiger partial charge on any atom is 0.407 e. The zero-order chi connectivity index (χ0) is 21.8. The number of Topliss-reactive ketones (excluding diaryl/α,β-unsaturated/α-hetero) is 1. The van der Waals surface area contributed by atoms with E-state index in [0.717, 1.165) is 30.6 Å². The highest BCUT2D eigenvalue weighted by molar-refractivity contribution is 7.99. The van der Waals surface area contributed by atoms with Crippen LogP contribution in [0.2, 0.25) is 0 Å². The van der Waals surface area contributed by atoms with E-state index in [2.05, 4.69) is 10.6 Å². The highest BCUT2D eigenvalue weighted by Gasteiger charge is 2.43. The van der Waals surface area contributed by atoms with E-state index in [4.69, 9.17) is 9.47 Å². The fourth-order valence-electron chi connectivity index (χ4n) is 3.12. The van der Waals surface area contributed by atoms with Gasteiger partial charge in [-0.05, 0) is 31.1 Å². The number of hydrogen-bond donors (Lipinski definition) is 2. The number of benzene rings is 1. The van der Waals surface area contributed by atoms with Crippen LogP contribution in [0.5, 0.6) is 0 Å². The van der Waals surface area contributed by atoms with Crippen molar-refractivity contribution in [3.63, 3.8) is 0 Å². The molecule has 30 heavy (non-hydrogen) atoms. The molecule has 0 bridgehead atoms. The summed E-state index contributed by atoms with van der Waals surface area (Å²) in [7, 11) is 0. The number of hydrogen-bond acceptors (Lipinski definition) is 6. The van der Waals surface area contributed by atoms with Gasteiger partial charge in [0.1, 0.15) is 6.61 Å². The maximum atomic E-state index is 13.5. The number of amides is 2.